The van der Waals surface area contributed by atoms with E-state index >= 15 is 0 Å². The summed E-state index contributed by atoms with van der Waals surface area (Å²) in [5, 5.41) is 3.18. The lowest BCUT2D eigenvalue weighted by Gasteiger charge is -2.17. The summed E-state index contributed by atoms with van der Waals surface area (Å²) in [6, 6.07) is 5.34. The predicted molar refractivity (Wildman–Crippen MR) is 77.2 cm³/mol. The third-order valence-electron chi connectivity index (χ3n) is 2.97. The number of benzene rings is 1. The zero-order valence-corrected chi connectivity index (χ0v) is 12.6. The van der Waals surface area contributed by atoms with Crippen molar-refractivity contribution < 1.29 is 22.6 Å². The van der Waals surface area contributed by atoms with Crippen molar-refractivity contribution in [3.05, 3.63) is 18.2 Å². The van der Waals surface area contributed by atoms with Crippen molar-refractivity contribution >= 4 is 5.69 Å². The van der Waals surface area contributed by atoms with Crippen molar-refractivity contribution in [3.63, 3.8) is 0 Å². The van der Waals surface area contributed by atoms with Crippen LogP contribution in [0, 0.1) is 0 Å². The molecule has 0 aliphatic heterocycles. The first-order valence-corrected chi connectivity index (χ1v) is 7.00. The minimum Gasteiger partial charge on any atom is -0.493 e. The molecule has 1 aromatic rings. The molecule has 0 heterocycles. The monoisotopic (exact) mass is 305 g/mol. The van der Waals surface area contributed by atoms with E-state index in [0.29, 0.717) is 24.5 Å². The molecule has 1 atom stereocenters. The van der Waals surface area contributed by atoms with Crippen LogP contribution in [0.15, 0.2) is 18.2 Å². The van der Waals surface area contributed by atoms with E-state index in [2.05, 4.69) is 5.32 Å². The summed E-state index contributed by atoms with van der Waals surface area (Å²) in [6.07, 6.45) is -4.25. The molecule has 0 fully saturated rings. The van der Waals surface area contributed by atoms with Crippen molar-refractivity contribution in [1.82, 2.24) is 0 Å². The van der Waals surface area contributed by atoms with Gasteiger partial charge in [0.1, 0.15) is 0 Å². The summed E-state index contributed by atoms with van der Waals surface area (Å²) in [5.41, 5.74) is 0.804. The van der Waals surface area contributed by atoms with Gasteiger partial charge in [-0.25, -0.2) is 0 Å². The Kier molecular flexibility index (Phi) is 6.65. The van der Waals surface area contributed by atoms with Crippen molar-refractivity contribution in [2.24, 2.45) is 0 Å². The quantitative estimate of drug-likeness (QED) is 0.759. The Morgan fingerprint density at radius 3 is 2.52 bits per heavy atom. The van der Waals surface area contributed by atoms with Crippen molar-refractivity contribution in [2.45, 2.75) is 45.3 Å². The van der Waals surface area contributed by atoms with E-state index < -0.39 is 12.6 Å². The number of halogens is 3. The average molecular weight is 305 g/mol. The van der Waals surface area contributed by atoms with E-state index in [0.717, 1.165) is 5.69 Å². The smallest absolute Gasteiger partial charge is 0.389 e. The second kappa shape index (κ2) is 8.00. The number of rotatable bonds is 8. The Balaban J connectivity index is 2.55. The molecule has 3 nitrogen and oxygen atoms in total. The number of hydrogen-bond acceptors (Lipinski definition) is 3. The van der Waals surface area contributed by atoms with Crippen molar-refractivity contribution in [1.29, 1.82) is 0 Å². The van der Waals surface area contributed by atoms with Crippen LogP contribution in [0.1, 0.15) is 33.1 Å². The standard InChI is InChI=1S/C15H22F3NO2/c1-4-21-14-10-12(7-8-13(14)20-3)19-11(2)6-5-9-15(16,17)18/h7-8,10-11,19H,4-6,9H2,1-3H3. The lowest BCUT2D eigenvalue weighted by Crippen LogP contribution is -2.16. The van der Waals surface area contributed by atoms with Gasteiger partial charge in [0, 0.05) is 24.2 Å². The number of ether oxygens (including phenoxy) is 2. The van der Waals surface area contributed by atoms with E-state index in [9.17, 15) is 13.2 Å². The van der Waals surface area contributed by atoms with Crippen LogP contribution in [0.3, 0.4) is 0 Å². The van der Waals surface area contributed by atoms with Gasteiger partial charge in [0.05, 0.1) is 13.7 Å². The molecule has 0 aromatic heterocycles. The van der Waals surface area contributed by atoms with E-state index in [1.807, 2.05) is 19.9 Å². The molecule has 0 aliphatic carbocycles. The topological polar surface area (TPSA) is 30.5 Å². The van der Waals surface area contributed by atoms with E-state index in [4.69, 9.17) is 9.47 Å². The molecule has 1 N–H and O–H groups in total. The van der Waals surface area contributed by atoms with Gasteiger partial charge in [-0.05, 0) is 38.8 Å². The zero-order chi connectivity index (χ0) is 15.9. The zero-order valence-electron chi connectivity index (χ0n) is 12.6. The molecule has 6 heteroatoms. The molecule has 21 heavy (non-hydrogen) atoms. The molecule has 0 bridgehead atoms. The van der Waals surface area contributed by atoms with Crippen LogP contribution in [-0.2, 0) is 0 Å². The minimum absolute atomic E-state index is 0.0461. The van der Waals surface area contributed by atoms with Crippen LogP contribution in [0.5, 0.6) is 11.5 Å². The van der Waals surface area contributed by atoms with Crippen LogP contribution in [0.4, 0.5) is 18.9 Å². The number of hydrogen-bond donors (Lipinski definition) is 1. The van der Waals surface area contributed by atoms with Gasteiger partial charge in [0.25, 0.3) is 0 Å². The van der Waals surface area contributed by atoms with E-state index in [1.165, 1.54) is 0 Å². The molecule has 0 spiro atoms. The molecule has 120 valence electrons. The van der Waals surface area contributed by atoms with Crippen LogP contribution >= 0.6 is 0 Å². The highest BCUT2D eigenvalue weighted by molar-refractivity contribution is 5.55. The molecule has 0 radical (unpaired) electrons. The fourth-order valence-corrected chi connectivity index (χ4v) is 2.00. The third kappa shape index (κ3) is 6.60. The molecule has 0 saturated carbocycles. The Bertz CT molecular complexity index is 435. The Labute approximate surface area is 123 Å². The summed E-state index contributed by atoms with van der Waals surface area (Å²) in [4.78, 5) is 0. The average Bonchev–Trinajstić information content (AvgIpc) is 2.38. The summed E-state index contributed by atoms with van der Waals surface area (Å²) in [5.74, 6) is 1.25. The molecule has 0 aliphatic rings. The number of alkyl halides is 3. The number of methoxy groups -OCH3 is 1. The molecule has 0 saturated heterocycles. The van der Waals surface area contributed by atoms with Crippen LogP contribution in [0.25, 0.3) is 0 Å². The molecule has 1 rings (SSSR count). The largest absolute Gasteiger partial charge is 0.493 e. The van der Waals surface area contributed by atoms with Gasteiger partial charge in [0.15, 0.2) is 11.5 Å². The summed E-state index contributed by atoms with van der Waals surface area (Å²) in [6.45, 7) is 4.25. The Morgan fingerprint density at radius 1 is 1.24 bits per heavy atom. The predicted octanol–water partition coefficient (Wildman–Crippen LogP) is 4.63. The maximum absolute atomic E-state index is 12.1. The van der Waals surface area contributed by atoms with Crippen molar-refractivity contribution in [2.75, 3.05) is 19.0 Å². The molecule has 1 unspecified atom stereocenters. The molecular weight excluding hydrogens is 283 g/mol. The molecule has 1 aromatic carbocycles. The van der Waals surface area contributed by atoms with Gasteiger partial charge >= 0.3 is 6.18 Å². The fourth-order valence-electron chi connectivity index (χ4n) is 2.00. The summed E-state index contributed by atoms with van der Waals surface area (Å²) < 4.78 is 47.0. The van der Waals surface area contributed by atoms with Crippen LogP contribution in [0.2, 0.25) is 0 Å². The minimum atomic E-state index is -4.08. The highest BCUT2D eigenvalue weighted by atomic mass is 19.4. The highest BCUT2D eigenvalue weighted by Gasteiger charge is 2.26. The molecular formula is C15H22F3NO2. The van der Waals surface area contributed by atoms with Gasteiger partial charge in [-0.15, -0.1) is 0 Å². The van der Waals surface area contributed by atoms with Crippen LogP contribution < -0.4 is 14.8 Å². The fraction of sp³-hybridized carbons (Fsp3) is 0.600. The SMILES string of the molecule is CCOc1cc(NC(C)CCCC(F)(F)F)ccc1OC. The first kappa shape index (κ1) is 17.5. The second-order valence-electron chi connectivity index (χ2n) is 4.85. The lowest BCUT2D eigenvalue weighted by molar-refractivity contribution is -0.135. The van der Waals surface area contributed by atoms with Gasteiger partial charge < -0.3 is 14.8 Å². The highest BCUT2D eigenvalue weighted by Crippen LogP contribution is 2.31. The van der Waals surface area contributed by atoms with Gasteiger partial charge in [-0.1, -0.05) is 0 Å². The first-order chi connectivity index (χ1) is 9.85. The van der Waals surface area contributed by atoms with Gasteiger partial charge in [-0.2, -0.15) is 13.2 Å². The van der Waals surface area contributed by atoms with E-state index in [1.54, 1.807) is 19.2 Å². The molecule has 0 amide bonds. The third-order valence-corrected chi connectivity index (χ3v) is 2.97. The maximum atomic E-state index is 12.1. The van der Waals surface area contributed by atoms with E-state index in [-0.39, 0.29) is 12.5 Å². The van der Waals surface area contributed by atoms with Gasteiger partial charge in [-0.3, -0.25) is 0 Å². The summed E-state index contributed by atoms with van der Waals surface area (Å²) in [7, 11) is 1.56. The normalized spacial score (nSPS) is 12.9. The number of nitrogens with one attached hydrogen (secondary N) is 1. The second-order valence-corrected chi connectivity index (χ2v) is 4.85. The Hall–Kier alpha value is -1.59. The van der Waals surface area contributed by atoms with Crippen molar-refractivity contribution in [3.8, 4) is 11.5 Å². The summed E-state index contributed by atoms with van der Waals surface area (Å²) >= 11 is 0. The number of anilines is 1. The Morgan fingerprint density at radius 2 is 1.95 bits per heavy atom. The van der Waals surface area contributed by atoms with Gasteiger partial charge in [0.2, 0.25) is 0 Å². The lowest BCUT2D eigenvalue weighted by atomic mass is 10.1. The van der Waals surface area contributed by atoms with Crippen LogP contribution in [-0.4, -0.2) is 25.9 Å². The first-order valence-electron chi connectivity index (χ1n) is 7.00. The maximum Gasteiger partial charge on any atom is 0.389 e.